The summed E-state index contributed by atoms with van der Waals surface area (Å²) >= 11 is 0. The summed E-state index contributed by atoms with van der Waals surface area (Å²) in [6, 6.07) is 14.8. The Bertz CT molecular complexity index is 929. The van der Waals surface area contributed by atoms with Crippen molar-refractivity contribution in [3.63, 3.8) is 0 Å². The largest absolute Gasteiger partial charge is 0.449 e. The predicted octanol–water partition coefficient (Wildman–Crippen LogP) is 2.31. The van der Waals surface area contributed by atoms with E-state index in [-0.39, 0.29) is 18.4 Å². The second-order valence-corrected chi connectivity index (χ2v) is 7.69. The molecule has 0 saturated carbocycles. The maximum atomic E-state index is 12.3. The standard InChI is InChI=1S/C23H25N3O4/c1-14(21(27)26-20-11-6-12-24-22(20)28)25-23(29)30-13-19-17-9-4-2-7-15(17)16-8-3-5-10-18(16)19/h2-5,7-10,14,19-20H,6,11-13H2,1H3,(H,24,28)(H,25,29)(H,26,27)/t14-,20-/m0/s1. The molecule has 2 atom stereocenters. The van der Waals surface area contributed by atoms with Gasteiger partial charge in [0, 0.05) is 12.5 Å². The summed E-state index contributed by atoms with van der Waals surface area (Å²) in [4.78, 5) is 36.4. The second-order valence-electron chi connectivity index (χ2n) is 7.69. The van der Waals surface area contributed by atoms with Gasteiger partial charge in [-0.25, -0.2) is 4.79 Å². The Labute approximate surface area is 175 Å². The Hall–Kier alpha value is -3.35. The van der Waals surface area contributed by atoms with Crippen LogP contribution in [0, 0.1) is 0 Å². The average Bonchev–Trinajstić information content (AvgIpc) is 3.07. The SMILES string of the molecule is C[C@H](NC(=O)OCC1c2ccccc2-c2ccccc21)C(=O)N[C@H]1CCCNC1=O. The number of ether oxygens (including phenoxy) is 1. The lowest BCUT2D eigenvalue weighted by molar-refractivity contribution is -0.130. The zero-order valence-corrected chi connectivity index (χ0v) is 16.8. The molecule has 2 aromatic rings. The quantitative estimate of drug-likeness (QED) is 0.709. The fraction of sp³-hybridized carbons (Fsp3) is 0.348. The minimum atomic E-state index is -0.810. The maximum Gasteiger partial charge on any atom is 0.407 e. The third kappa shape index (κ3) is 4.01. The Balaban J connectivity index is 1.34. The van der Waals surface area contributed by atoms with Crippen molar-refractivity contribution in [3.8, 4) is 11.1 Å². The minimum Gasteiger partial charge on any atom is -0.449 e. The number of amides is 3. The number of piperidine rings is 1. The first-order valence-electron chi connectivity index (χ1n) is 10.2. The van der Waals surface area contributed by atoms with Gasteiger partial charge in [-0.2, -0.15) is 0 Å². The fourth-order valence-electron chi connectivity index (χ4n) is 4.09. The van der Waals surface area contributed by atoms with E-state index in [4.69, 9.17) is 4.74 Å². The number of fused-ring (bicyclic) bond motifs is 3. The Kier molecular flexibility index (Phi) is 5.70. The topological polar surface area (TPSA) is 96.5 Å². The van der Waals surface area contributed by atoms with Gasteiger partial charge in [-0.15, -0.1) is 0 Å². The summed E-state index contributed by atoms with van der Waals surface area (Å²) in [5.74, 6) is -0.647. The van der Waals surface area contributed by atoms with Crippen LogP contribution in [0.25, 0.3) is 11.1 Å². The molecule has 7 nitrogen and oxygen atoms in total. The second kappa shape index (κ2) is 8.57. The first kappa shape index (κ1) is 19.9. The van der Waals surface area contributed by atoms with E-state index in [9.17, 15) is 14.4 Å². The van der Waals surface area contributed by atoms with Crippen molar-refractivity contribution in [1.29, 1.82) is 0 Å². The molecule has 0 radical (unpaired) electrons. The first-order valence-corrected chi connectivity index (χ1v) is 10.2. The molecule has 156 valence electrons. The third-order valence-electron chi connectivity index (χ3n) is 5.67. The highest BCUT2D eigenvalue weighted by atomic mass is 16.5. The van der Waals surface area contributed by atoms with Gasteiger partial charge in [0.15, 0.2) is 0 Å². The summed E-state index contributed by atoms with van der Waals surface area (Å²) < 4.78 is 5.46. The van der Waals surface area contributed by atoms with Gasteiger partial charge in [-0.3, -0.25) is 9.59 Å². The van der Waals surface area contributed by atoms with E-state index in [1.807, 2.05) is 36.4 Å². The monoisotopic (exact) mass is 407 g/mol. The van der Waals surface area contributed by atoms with E-state index in [1.54, 1.807) is 6.92 Å². The van der Waals surface area contributed by atoms with Gasteiger partial charge in [-0.05, 0) is 42.0 Å². The summed E-state index contributed by atoms with van der Waals surface area (Å²) in [6.45, 7) is 2.37. The first-order chi connectivity index (χ1) is 14.5. The zero-order valence-electron chi connectivity index (χ0n) is 16.8. The molecule has 3 amide bonds. The summed E-state index contributed by atoms with van der Waals surface area (Å²) in [5, 5.41) is 7.95. The van der Waals surface area contributed by atoms with E-state index in [0.717, 1.165) is 28.7 Å². The normalized spacial score (nSPS) is 18.6. The van der Waals surface area contributed by atoms with Crippen molar-refractivity contribution >= 4 is 17.9 Å². The molecule has 0 unspecified atom stereocenters. The van der Waals surface area contributed by atoms with Gasteiger partial charge < -0.3 is 20.7 Å². The van der Waals surface area contributed by atoms with Gasteiger partial charge in [0.25, 0.3) is 0 Å². The fourth-order valence-corrected chi connectivity index (χ4v) is 4.09. The molecular formula is C23H25N3O4. The molecule has 2 aromatic carbocycles. The number of hydrogen-bond acceptors (Lipinski definition) is 4. The molecule has 3 N–H and O–H groups in total. The number of hydrogen-bond donors (Lipinski definition) is 3. The van der Waals surface area contributed by atoms with Crippen molar-refractivity contribution in [2.24, 2.45) is 0 Å². The van der Waals surface area contributed by atoms with E-state index < -0.39 is 24.1 Å². The lowest BCUT2D eigenvalue weighted by Gasteiger charge is -2.24. The van der Waals surface area contributed by atoms with Crippen LogP contribution in [0.3, 0.4) is 0 Å². The van der Waals surface area contributed by atoms with E-state index in [2.05, 4.69) is 28.1 Å². The van der Waals surface area contributed by atoms with Gasteiger partial charge in [-0.1, -0.05) is 48.5 Å². The van der Waals surface area contributed by atoms with Crippen LogP contribution in [-0.4, -0.2) is 43.1 Å². The average molecular weight is 407 g/mol. The Morgan fingerprint density at radius 1 is 1.10 bits per heavy atom. The van der Waals surface area contributed by atoms with Crippen LogP contribution < -0.4 is 16.0 Å². The van der Waals surface area contributed by atoms with Crippen molar-refractivity contribution in [1.82, 2.24) is 16.0 Å². The molecule has 1 fully saturated rings. The zero-order chi connectivity index (χ0) is 21.1. The number of carbonyl (C=O) groups is 3. The van der Waals surface area contributed by atoms with Crippen LogP contribution >= 0.6 is 0 Å². The highest BCUT2D eigenvalue weighted by Gasteiger charge is 2.30. The third-order valence-corrected chi connectivity index (χ3v) is 5.67. The van der Waals surface area contributed by atoms with Gasteiger partial charge >= 0.3 is 6.09 Å². The number of alkyl carbamates (subject to hydrolysis) is 1. The van der Waals surface area contributed by atoms with Crippen LogP contribution in [0.2, 0.25) is 0 Å². The highest BCUT2D eigenvalue weighted by molar-refractivity contribution is 5.91. The maximum absolute atomic E-state index is 12.3. The van der Waals surface area contributed by atoms with Gasteiger partial charge in [0.05, 0.1) is 0 Å². The molecule has 0 spiro atoms. The van der Waals surface area contributed by atoms with E-state index >= 15 is 0 Å². The number of rotatable bonds is 5. The molecule has 1 aliphatic carbocycles. The molecule has 0 aromatic heterocycles. The summed E-state index contributed by atoms with van der Waals surface area (Å²) in [7, 11) is 0. The smallest absolute Gasteiger partial charge is 0.407 e. The molecule has 30 heavy (non-hydrogen) atoms. The Morgan fingerprint density at radius 3 is 2.37 bits per heavy atom. The lowest BCUT2D eigenvalue weighted by atomic mass is 9.98. The molecule has 1 aliphatic heterocycles. The lowest BCUT2D eigenvalue weighted by Crippen LogP contribution is -2.54. The van der Waals surface area contributed by atoms with Crippen molar-refractivity contribution in [3.05, 3.63) is 59.7 Å². The number of benzene rings is 2. The molecule has 2 aliphatic rings. The molecule has 4 rings (SSSR count). The summed E-state index contributed by atoms with van der Waals surface area (Å²) in [5.41, 5.74) is 4.56. The van der Waals surface area contributed by atoms with E-state index in [1.165, 1.54) is 0 Å². The van der Waals surface area contributed by atoms with Crippen molar-refractivity contribution in [2.45, 2.75) is 37.8 Å². The molecule has 1 heterocycles. The van der Waals surface area contributed by atoms with Crippen molar-refractivity contribution in [2.75, 3.05) is 13.2 Å². The van der Waals surface area contributed by atoms with Gasteiger partial charge in [0.1, 0.15) is 18.7 Å². The Morgan fingerprint density at radius 2 is 1.73 bits per heavy atom. The predicted molar refractivity (Wildman–Crippen MR) is 112 cm³/mol. The minimum absolute atomic E-state index is 0.0433. The van der Waals surface area contributed by atoms with Gasteiger partial charge in [0.2, 0.25) is 11.8 Å². The molecule has 0 bridgehead atoms. The molecule has 7 heteroatoms. The molecular weight excluding hydrogens is 382 g/mol. The van der Waals surface area contributed by atoms with Crippen molar-refractivity contribution < 1.29 is 19.1 Å². The number of carbonyl (C=O) groups excluding carboxylic acids is 3. The van der Waals surface area contributed by atoms with Crippen LogP contribution in [0.1, 0.15) is 36.8 Å². The van der Waals surface area contributed by atoms with E-state index in [0.29, 0.717) is 13.0 Å². The van der Waals surface area contributed by atoms with Crippen LogP contribution in [-0.2, 0) is 14.3 Å². The number of nitrogens with one attached hydrogen (secondary N) is 3. The van der Waals surface area contributed by atoms with Crippen LogP contribution in [0.4, 0.5) is 4.79 Å². The highest BCUT2D eigenvalue weighted by Crippen LogP contribution is 2.44. The molecule has 1 saturated heterocycles. The summed E-state index contributed by atoms with van der Waals surface area (Å²) in [6.07, 6.45) is 0.743. The van der Waals surface area contributed by atoms with Crippen LogP contribution in [0.15, 0.2) is 48.5 Å². The van der Waals surface area contributed by atoms with Crippen LogP contribution in [0.5, 0.6) is 0 Å².